The lowest BCUT2D eigenvalue weighted by atomic mass is 10.3. The molecule has 1 heterocycles. The fraction of sp³-hybridized carbons (Fsp3) is 0.357. The van der Waals surface area contributed by atoms with Gasteiger partial charge in [0.1, 0.15) is 5.01 Å². The van der Waals surface area contributed by atoms with E-state index in [2.05, 4.69) is 31.9 Å². The number of aryl methyl sites for hydroxylation is 1. The number of hydrogen-bond acceptors (Lipinski definition) is 7. The van der Waals surface area contributed by atoms with E-state index >= 15 is 0 Å². The summed E-state index contributed by atoms with van der Waals surface area (Å²) < 4.78 is 31.5. The van der Waals surface area contributed by atoms with Gasteiger partial charge in [0.25, 0.3) is 10.0 Å². The van der Waals surface area contributed by atoms with Gasteiger partial charge >= 0.3 is 6.09 Å². The van der Waals surface area contributed by atoms with Crippen molar-refractivity contribution in [3.8, 4) is 0 Å². The Balaban J connectivity index is 2.06. The molecule has 0 bridgehead atoms. The summed E-state index contributed by atoms with van der Waals surface area (Å²) in [5.74, 6) is 0. The van der Waals surface area contributed by atoms with Crippen LogP contribution in [0.3, 0.4) is 0 Å². The molecule has 2 N–H and O–H groups in total. The first-order chi connectivity index (χ1) is 11.4. The SMILES string of the molecule is CCCCc1nnc(NS(=O)(=O)c2ccc(NC(=O)OC)cc2)s1. The van der Waals surface area contributed by atoms with Gasteiger partial charge in [0.05, 0.1) is 12.0 Å². The first-order valence-electron chi connectivity index (χ1n) is 7.25. The third-order valence-corrected chi connectivity index (χ3v) is 5.41. The van der Waals surface area contributed by atoms with Gasteiger partial charge in [-0.3, -0.25) is 10.0 Å². The minimum Gasteiger partial charge on any atom is -0.453 e. The number of aromatic nitrogens is 2. The van der Waals surface area contributed by atoms with Crippen LogP contribution in [0.5, 0.6) is 0 Å². The van der Waals surface area contributed by atoms with Crippen LogP contribution in [0.2, 0.25) is 0 Å². The largest absolute Gasteiger partial charge is 0.453 e. The maximum atomic E-state index is 12.3. The second-order valence-electron chi connectivity index (χ2n) is 4.85. The van der Waals surface area contributed by atoms with E-state index in [1.165, 1.54) is 42.7 Å². The van der Waals surface area contributed by atoms with E-state index in [-0.39, 0.29) is 10.0 Å². The van der Waals surface area contributed by atoms with Crippen LogP contribution in [0.15, 0.2) is 29.2 Å². The van der Waals surface area contributed by atoms with Crippen molar-refractivity contribution in [3.05, 3.63) is 29.3 Å². The van der Waals surface area contributed by atoms with E-state index in [4.69, 9.17) is 0 Å². The second kappa shape index (κ2) is 8.06. The predicted molar refractivity (Wildman–Crippen MR) is 91.8 cm³/mol. The smallest absolute Gasteiger partial charge is 0.411 e. The summed E-state index contributed by atoms with van der Waals surface area (Å²) in [6.45, 7) is 2.07. The molecule has 0 saturated carbocycles. The highest BCUT2D eigenvalue weighted by molar-refractivity contribution is 7.93. The highest BCUT2D eigenvalue weighted by atomic mass is 32.2. The molecule has 0 atom stereocenters. The van der Waals surface area contributed by atoms with Crippen molar-refractivity contribution < 1.29 is 17.9 Å². The molecule has 0 fully saturated rings. The molecular formula is C14H18N4O4S2. The Hall–Kier alpha value is -2.20. The molecule has 0 spiro atoms. The fourth-order valence-electron chi connectivity index (χ4n) is 1.78. The molecule has 0 aliphatic carbocycles. The van der Waals surface area contributed by atoms with Crippen molar-refractivity contribution in [1.82, 2.24) is 10.2 Å². The minimum atomic E-state index is -3.76. The number of ether oxygens (including phenoxy) is 1. The Labute approximate surface area is 144 Å². The Bertz CT molecular complexity index is 787. The first-order valence-corrected chi connectivity index (χ1v) is 9.55. The highest BCUT2D eigenvalue weighted by Crippen LogP contribution is 2.22. The molecule has 1 amide bonds. The van der Waals surface area contributed by atoms with E-state index in [0.29, 0.717) is 5.69 Å². The molecule has 2 rings (SSSR count). The maximum absolute atomic E-state index is 12.3. The number of nitrogens with one attached hydrogen (secondary N) is 2. The number of sulfonamides is 1. The van der Waals surface area contributed by atoms with Crippen LogP contribution >= 0.6 is 11.3 Å². The lowest BCUT2D eigenvalue weighted by Gasteiger charge is -2.07. The van der Waals surface area contributed by atoms with E-state index in [1.54, 1.807) is 0 Å². The van der Waals surface area contributed by atoms with Gasteiger partial charge in [-0.05, 0) is 30.7 Å². The summed E-state index contributed by atoms with van der Waals surface area (Å²) in [5, 5.41) is 11.3. The van der Waals surface area contributed by atoms with Crippen molar-refractivity contribution in [3.63, 3.8) is 0 Å². The van der Waals surface area contributed by atoms with Crippen LogP contribution < -0.4 is 10.0 Å². The lowest BCUT2D eigenvalue weighted by Crippen LogP contribution is -2.14. The van der Waals surface area contributed by atoms with E-state index in [1.807, 2.05) is 0 Å². The van der Waals surface area contributed by atoms with Crippen LogP contribution in [-0.2, 0) is 21.2 Å². The molecule has 2 aromatic rings. The third-order valence-electron chi connectivity index (χ3n) is 3.03. The average molecular weight is 370 g/mol. The Morgan fingerprint density at radius 1 is 1.25 bits per heavy atom. The zero-order chi connectivity index (χ0) is 17.6. The Kier molecular flexibility index (Phi) is 6.10. The molecule has 1 aromatic carbocycles. The normalized spacial score (nSPS) is 11.1. The minimum absolute atomic E-state index is 0.0585. The van der Waals surface area contributed by atoms with Gasteiger partial charge < -0.3 is 4.74 Å². The van der Waals surface area contributed by atoms with E-state index < -0.39 is 16.1 Å². The zero-order valence-corrected chi connectivity index (χ0v) is 14.9. The van der Waals surface area contributed by atoms with Gasteiger partial charge in [-0.1, -0.05) is 24.7 Å². The summed E-state index contributed by atoms with van der Waals surface area (Å²) in [4.78, 5) is 11.2. The van der Waals surface area contributed by atoms with Crippen LogP contribution in [0.4, 0.5) is 15.6 Å². The highest BCUT2D eigenvalue weighted by Gasteiger charge is 2.17. The van der Waals surface area contributed by atoms with Crippen molar-refractivity contribution in [2.45, 2.75) is 31.1 Å². The number of carbonyl (C=O) groups is 1. The van der Waals surface area contributed by atoms with Gasteiger partial charge in [0, 0.05) is 12.1 Å². The maximum Gasteiger partial charge on any atom is 0.411 e. The first kappa shape index (κ1) is 18.1. The number of methoxy groups -OCH3 is 1. The molecule has 0 radical (unpaired) electrons. The van der Waals surface area contributed by atoms with E-state index in [0.717, 1.165) is 24.3 Å². The summed E-state index contributed by atoms with van der Waals surface area (Å²) in [5.41, 5.74) is 0.429. The summed E-state index contributed by atoms with van der Waals surface area (Å²) >= 11 is 1.22. The van der Waals surface area contributed by atoms with Crippen LogP contribution in [0.25, 0.3) is 0 Å². The number of unbranched alkanes of at least 4 members (excludes halogenated alkanes) is 1. The predicted octanol–water partition coefficient (Wildman–Crippen LogP) is 2.86. The quantitative estimate of drug-likeness (QED) is 0.775. The second-order valence-corrected chi connectivity index (χ2v) is 7.60. The number of benzene rings is 1. The molecule has 0 aliphatic heterocycles. The molecule has 24 heavy (non-hydrogen) atoms. The van der Waals surface area contributed by atoms with Gasteiger partial charge in [-0.15, -0.1) is 10.2 Å². The molecule has 130 valence electrons. The number of nitrogens with zero attached hydrogens (tertiary/aromatic N) is 2. The van der Waals surface area contributed by atoms with Crippen molar-refractivity contribution in [2.24, 2.45) is 0 Å². The molecular weight excluding hydrogens is 352 g/mol. The molecule has 0 aliphatic rings. The summed E-state index contributed by atoms with van der Waals surface area (Å²) in [7, 11) is -2.51. The Morgan fingerprint density at radius 2 is 1.96 bits per heavy atom. The zero-order valence-electron chi connectivity index (χ0n) is 13.3. The molecule has 0 unspecified atom stereocenters. The monoisotopic (exact) mass is 370 g/mol. The van der Waals surface area contributed by atoms with Crippen molar-refractivity contribution >= 4 is 38.3 Å². The summed E-state index contributed by atoms with van der Waals surface area (Å²) in [6, 6.07) is 5.70. The standard InChI is InChI=1S/C14H18N4O4S2/c1-3-4-5-12-16-17-13(23-12)18-24(20,21)11-8-6-10(7-9-11)15-14(19)22-2/h6-9H,3-5H2,1-2H3,(H,15,19)(H,17,18). The van der Waals surface area contributed by atoms with E-state index in [9.17, 15) is 13.2 Å². The fourth-order valence-corrected chi connectivity index (χ4v) is 3.80. The van der Waals surface area contributed by atoms with Gasteiger partial charge in [-0.25, -0.2) is 13.2 Å². The number of rotatable bonds is 7. The van der Waals surface area contributed by atoms with Crippen LogP contribution in [-0.4, -0.2) is 31.8 Å². The van der Waals surface area contributed by atoms with Crippen LogP contribution in [0, 0.1) is 0 Å². The summed E-state index contributed by atoms with van der Waals surface area (Å²) in [6.07, 6.45) is 2.17. The Morgan fingerprint density at radius 3 is 2.58 bits per heavy atom. The van der Waals surface area contributed by atoms with Gasteiger partial charge in [-0.2, -0.15) is 0 Å². The number of carbonyl (C=O) groups excluding carboxylic acids is 1. The number of hydrogen-bond donors (Lipinski definition) is 2. The number of anilines is 2. The average Bonchev–Trinajstić information content (AvgIpc) is 3.00. The van der Waals surface area contributed by atoms with Crippen molar-refractivity contribution in [2.75, 3.05) is 17.1 Å². The molecule has 8 nitrogen and oxygen atoms in total. The molecule has 10 heteroatoms. The third kappa shape index (κ3) is 4.90. The van der Waals surface area contributed by atoms with Crippen molar-refractivity contribution in [1.29, 1.82) is 0 Å². The molecule has 0 saturated heterocycles. The number of amides is 1. The van der Waals surface area contributed by atoms with Gasteiger partial charge in [0.15, 0.2) is 0 Å². The lowest BCUT2D eigenvalue weighted by molar-refractivity contribution is 0.187. The van der Waals surface area contributed by atoms with Gasteiger partial charge in [0.2, 0.25) is 5.13 Å². The topological polar surface area (TPSA) is 110 Å². The van der Waals surface area contributed by atoms with Crippen LogP contribution in [0.1, 0.15) is 24.8 Å². The molecule has 1 aromatic heterocycles.